The normalized spacial score (nSPS) is 67.0. The molecule has 0 unspecified atom stereocenters. The van der Waals surface area contributed by atoms with Gasteiger partial charge in [-0.3, -0.25) is 0 Å². The molecule has 0 bridgehead atoms. The molecule has 0 amide bonds. The molecule has 9 heavy (non-hydrogen) atoms. The van der Waals surface area contributed by atoms with E-state index in [0.29, 0.717) is 5.60 Å². The number of rotatable bonds is 1. The van der Waals surface area contributed by atoms with Crippen molar-refractivity contribution < 1.29 is 4.74 Å². The van der Waals surface area contributed by atoms with Gasteiger partial charge in [-0.15, -0.1) is 0 Å². The summed E-state index contributed by atoms with van der Waals surface area (Å²) in [4.78, 5) is 0. The van der Waals surface area contributed by atoms with Gasteiger partial charge in [-0.2, -0.15) is 0 Å². The van der Waals surface area contributed by atoms with Crippen molar-refractivity contribution in [2.45, 2.75) is 24.9 Å². The van der Waals surface area contributed by atoms with E-state index in [1.165, 1.54) is 19.3 Å². The Morgan fingerprint density at radius 3 is 1.67 bits per heavy atom. The Bertz CT molecular complexity index is 131. The van der Waals surface area contributed by atoms with Gasteiger partial charge in [-0.25, -0.2) is 0 Å². The van der Waals surface area contributed by atoms with Crippen LogP contribution in [0.15, 0.2) is 0 Å². The average molecular weight is 124 g/mol. The summed E-state index contributed by atoms with van der Waals surface area (Å²) in [7, 11) is 1.89. The highest BCUT2D eigenvalue weighted by molar-refractivity contribution is 5.24. The van der Waals surface area contributed by atoms with Crippen LogP contribution < -0.4 is 0 Å². The lowest BCUT2D eigenvalue weighted by atomic mass is 9.33. The largest absolute Gasteiger partial charge is 0.377 e. The van der Waals surface area contributed by atoms with Crippen LogP contribution in [0.2, 0.25) is 0 Å². The Morgan fingerprint density at radius 2 is 1.56 bits per heavy atom. The lowest BCUT2D eigenvalue weighted by Crippen LogP contribution is -2.77. The first kappa shape index (κ1) is 4.73. The third-order valence-electron chi connectivity index (χ3n) is 3.97. The summed E-state index contributed by atoms with van der Waals surface area (Å²) in [6.07, 6.45) is 4.43. The van der Waals surface area contributed by atoms with Crippen molar-refractivity contribution in [1.82, 2.24) is 0 Å². The smallest absolute Gasteiger partial charge is 0.0763 e. The molecular weight excluding hydrogens is 112 g/mol. The highest BCUT2D eigenvalue weighted by atomic mass is 16.5. The first-order valence-corrected chi connectivity index (χ1v) is 3.93. The summed E-state index contributed by atoms with van der Waals surface area (Å²) in [6, 6.07) is 0. The second-order valence-corrected chi connectivity index (χ2v) is 3.86. The van der Waals surface area contributed by atoms with Crippen LogP contribution >= 0.6 is 0 Å². The van der Waals surface area contributed by atoms with Crippen molar-refractivity contribution in [3.63, 3.8) is 0 Å². The number of ether oxygens (including phenoxy) is 1. The monoisotopic (exact) mass is 124 g/mol. The average Bonchev–Trinajstić information content (AvgIpc) is 1.91. The maximum absolute atomic E-state index is 5.53. The molecule has 0 N–H and O–H groups in total. The Balaban J connectivity index is 1.95. The van der Waals surface area contributed by atoms with E-state index in [4.69, 9.17) is 4.74 Å². The molecule has 0 aromatic carbocycles. The van der Waals surface area contributed by atoms with Crippen molar-refractivity contribution in [2.24, 2.45) is 17.8 Å². The summed E-state index contributed by atoms with van der Waals surface area (Å²) in [6.45, 7) is 0. The van der Waals surface area contributed by atoms with E-state index in [2.05, 4.69) is 0 Å². The highest BCUT2D eigenvalue weighted by Crippen LogP contribution is 2.74. The van der Waals surface area contributed by atoms with E-state index >= 15 is 0 Å². The molecule has 1 nitrogen and oxygen atoms in total. The number of methoxy groups -OCH3 is 1. The molecule has 0 heterocycles. The molecule has 0 aromatic heterocycles. The van der Waals surface area contributed by atoms with E-state index < -0.39 is 0 Å². The predicted molar refractivity (Wildman–Crippen MR) is 34.1 cm³/mol. The molecule has 50 valence electrons. The van der Waals surface area contributed by atoms with Gasteiger partial charge in [0, 0.05) is 7.11 Å². The van der Waals surface area contributed by atoms with Crippen molar-refractivity contribution in [1.29, 1.82) is 0 Å². The maximum Gasteiger partial charge on any atom is 0.0763 e. The molecule has 3 aliphatic carbocycles. The molecule has 3 fully saturated rings. The van der Waals surface area contributed by atoms with Gasteiger partial charge in [0.25, 0.3) is 0 Å². The molecule has 0 aliphatic heterocycles. The van der Waals surface area contributed by atoms with Crippen molar-refractivity contribution in [2.75, 3.05) is 7.11 Å². The Morgan fingerprint density at radius 1 is 1.11 bits per heavy atom. The van der Waals surface area contributed by atoms with E-state index in [1.54, 1.807) is 0 Å². The van der Waals surface area contributed by atoms with Crippen LogP contribution in [0.25, 0.3) is 0 Å². The number of hydrogen-bond donors (Lipinski definition) is 0. The van der Waals surface area contributed by atoms with Crippen molar-refractivity contribution in [3.05, 3.63) is 0 Å². The predicted octanol–water partition coefficient (Wildman–Crippen LogP) is 1.43. The maximum atomic E-state index is 5.53. The summed E-state index contributed by atoms with van der Waals surface area (Å²) < 4.78 is 5.53. The van der Waals surface area contributed by atoms with E-state index in [-0.39, 0.29) is 0 Å². The summed E-state index contributed by atoms with van der Waals surface area (Å²) in [5, 5.41) is 0. The summed E-state index contributed by atoms with van der Waals surface area (Å²) >= 11 is 0. The standard InChI is InChI=1S/C8H12O/c1-9-8-5-2-6(8)4-7(8)3-5/h5-7H,2-4H2,1H3. The SMILES string of the molecule is COC12C3CC1CC2C3. The topological polar surface area (TPSA) is 9.23 Å². The fourth-order valence-electron chi connectivity index (χ4n) is 3.44. The summed E-state index contributed by atoms with van der Waals surface area (Å²) in [5.74, 6) is 2.93. The minimum absolute atomic E-state index is 0.458. The van der Waals surface area contributed by atoms with Gasteiger partial charge < -0.3 is 4.74 Å². The van der Waals surface area contributed by atoms with Crippen LogP contribution in [0.3, 0.4) is 0 Å². The zero-order chi connectivity index (χ0) is 6.06. The van der Waals surface area contributed by atoms with Crippen LogP contribution in [-0.4, -0.2) is 12.7 Å². The molecule has 3 rings (SSSR count). The third kappa shape index (κ3) is 0.260. The second-order valence-electron chi connectivity index (χ2n) is 3.86. The molecule has 0 saturated heterocycles. The van der Waals surface area contributed by atoms with Crippen molar-refractivity contribution >= 4 is 0 Å². The zero-order valence-corrected chi connectivity index (χ0v) is 5.76. The van der Waals surface area contributed by atoms with E-state index in [9.17, 15) is 0 Å². The van der Waals surface area contributed by atoms with Gasteiger partial charge in [0.15, 0.2) is 0 Å². The van der Waals surface area contributed by atoms with Gasteiger partial charge in [-0.05, 0) is 37.0 Å². The fourth-order valence-corrected chi connectivity index (χ4v) is 3.44. The van der Waals surface area contributed by atoms with Gasteiger partial charge in [0.2, 0.25) is 0 Å². The number of hydrogen-bond acceptors (Lipinski definition) is 1. The summed E-state index contributed by atoms with van der Waals surface area (Å²) in [5.41, 5.74) is 0.458. The minimum Gasteiger partial charge on any atom is -0.377 e. The van der Waals surface area contributed by atoms with Crippen LogP contribution in [0.1, 0.15) is 19.3 Å². The molecule has 3 saturated carbocycles. The third-order valence-corrected chi connectivity index (χ3v) is 3.97. The van der Waals surface area contributed by atoms with E-state index in [1.807, 2.05) is 7.11 Å². The molecular formula is C8H12O. The van der Waals surface area contributed by atoms with Gasteiger partial charge in [0.1, 0.15) is 0 Å². The Labute approximate surface area is 55.4 Å². The second kappa shape index (κ2) is 1.07. The lowest BCUT2D eigenvalue weighted by molar-refractivity contribution is -0.346. The van der Waals surface area contributed by atoms with Gasteiger partial charge >= 0.3 is 0 Å². The lowest BCUT2D eigenvalue weighted by Gasteiger charge is -2.76. The van der Waals surface area contributed by atoms with Crippen LogP contribution in [0, 0.1) is 17.8 Å². The first-order valence-electron chi connectivity index (χ1n) is 3.93. The van der Waals surface area contributed by atoms with Gasteiger partial charge in [0.05, 0.1) is 5.60 Å². The van der Waals surface area contributed by atoms with Crippen LogP contribution in [0.5, 0.6) is 0 Å². The Kier molecular flexibility index (Phi) is 0.563. The molecule has 0 atom stereocenters. The van der Waals surface area contributed by atoms with Crippen molar-refractivity contribution in [3.8, 4) is 0 Å². The minimum atomic E-state index is 0.458. The van der Waals surface area contributed by atoms with Crippen LogP contribution in [-0.2, 0) is 4.74 Å². The highest BCUT2D eigenvalue weighted by Gasteiger charge is 2.74. The van der Waals surface area contributed by atoms with Crippen LogP contribution in [0.4, 0.5) is 0 Å². The Hall–Kier alpha value is -0.0400. The molecule has 0 radical (unpaired) electrons. The van der Waals surface area contributed by atoms with Gasteiger partial charge in [-0.1, -0.05) is 0 Å². The fraction of sp³-hybridized carbons (Fsp3) is 1.00. The quantitative estimate of drug-likeness (QED) is 0.514. The molecule has 3 aliphatic rings. The molecule has 0 spiro atoms. The zero-order valence-electron chi connectivity index (χ0n) is 5.76. The van der Waals surface area contributed by atoms with E-state index in [0.717, 1.165) is 17.8 Å². The molecule has 0 aromatic rings. The first-order chi connectivity index (χ1) is 4.38. The molecule has 1 heteroatoms.